The molecule has 1 unspecified atom stereocenters. The molecule has 2 N–H and O–H groups in total. The van der Waals surface area contributed by atoms with Crippen LogP contribution in [0.1, 0.15) is 18.9 Å². The van der Waals surface area contributed by atoms with Crippen molar-refractivity contribution in [2.75, 3.05) is 0 Å². The Labute approximate surface area is 124 Å². The van der Waals surface area contributed by atoms with Crippen molar-refractivity contribution >= 4 is 39.7 Å². The lowest BCUT2D eigenvalue weighted by atomic mass is 10.0. The summed E-state index contributed by atoms with van der Waals surface area (Å²) >= 11 is 3.35. The van der Waals surface area contributed by atoms with E-state index in [4.69, 9.17) is 0 Å². The number of rotatable bonds is 4. The number of halogens is 1. The molecule has 104 valence electrons. The molecular formula is C13H13BrN4O2. The van der Waals surface area contributed by atoms with Crippen molar-refractivity contribution in [1.82, 2.24) is 10.9 Å². The monoisotopic (exact) mass is 336 g/mol. The maximum absolute atomic E-state index is 11.7. The normalized spacial score (nSPS) is 18.0. The highest BCUT2D eigenvalue weighted by molar-refractivity contribution is 9.10. The van der Waals surface area contributed by atoms with Crippen molar-refractivity contribution in [3.63, 3.8) is 0 Å². The summed E-state index contributed by atoms with van der Waals surface area (Å²) in [6.45, 7) is 1.71. The van der Waals surface area contributed by atoms with Crippen LogP contribution in [0.15, 0.2) is 38.9 Å². The van der Waals surface area contributed by atoms with Gasteiger partial charge in [-0.1, -0.05) is 28.1 Å². The Kier molecular flexibility index (Phi) is 4.62. The lowest BCUT2D eigenvalue weighted by Crippen LogP contribution is -2.29. The zero-order valence-electron chi connectivity index (χ0n) is 10.8. The number of benzene rings is 1. The average molecular weight is 337 g/mol. The maximum Gasteiger partial charge on any atom is 0.249 e. The van der Waals surface area contributed by atoms with Crippen molar-refractivity contribution in [2.45, 2.75) is 13.3 Å². The van der Waals surface area contributed by atoms with Crippen LogP contribution in [0.25, 0.3) is 0 Å². The van der Waals surface area contributed by atoms with E-state index < -0.39 is 5.92 Å². The minimum atomic E-state index is -0.504. The van der Waals surface area contributed by atoms with Crippen LogP contribution < -0.4 is 10.9 Å². The van der Waals surface area contributed by atoms with Crippen LogP contribution in [0.2, 0.25) is 0 Å². The molecule has 0 spiro atoms. The molecule has 0 fully saturated rings. The van der Waals surface area contributed by atoms with E-state index in [0.29, 0.717) is 5.71 Å². The first-order valence-electron chi connectivity index (χ1n) is 5.98. The van der Waals surface area contributed by atoms with Crippen LogP contribution in [0.5, 0.6) is 0 Å². The molecule has 1 aromatic carbocycles. The molecule has 7 heteroatoms. The molecule has 2 rings (SSSR count). The van der Waals surface area contributed by atoms with Gasteiger partial charge in [-0.2, -0.15) is 10.2 Å². The van der Waals surface area contributed by atoms with Gasteiger partial charge in [0.15, 0.2) is 0 Å². The predicted molar refractivity (Wildman–Crippen MR) is 79.2 cm³/mol. The predicted octanol–water partition coefficient (Wildman–Crippen LogP) is 1.41. The van der Waals surface area contributed by atoms with Crippen molar-refractivity contribution in [3.05, 3.63) is 34.3 Å². The van der Waals surface area contributed by atoms with Crippen LogP contribution in [-0.4, -0.2) is 23.7 Å². The first kappa shape index (κ1) is 14.4. The summed E-state index contributed by atoms with van der Waals surface area (Å²) in [4.78, 5) is 23.1. The Balaban J connectivity index is 1.86. The first-order valence-corrected chi connectivity index (χ1v) is 6.77. The van der Waals surface area contributed by atoms with Crippen molar-refractivity contribution in [3.8, 4) is 0 Å². The summed E-state index contributed by atoms with van der Waals surface area (Å²) in [7, 11) is 0. The number of hydrazone groups is 2. The molecule has 1 aliphatic heterocycles. The van der Waals surface area contributed by atoms with Crippen LogP contribution >= 0.6 is 15.9 Å². The molecule has 0 saturated heterocycles. The van der Waals surface area contributed by atoms with Gasteiger partial charge >= 0.3 is 0 Å². The Bertz CT molecular complexity index is 598. The molecule has 2 amide bonds. The van der Waals surface area contributed by atoms with Gasteiger partial charge in [-0.05, 0) is 24.6 Å². The second-order valence-corrected chi connectivity index (χ2v) is 5.25. The zero-order valence-corrected chi connectivity index (χ0v) is 12.3. The van der Waals surface area contributed by atoms with Crippen LogP contribution in [0, 0.1) is 5.92 Å². The van der Waals surface area contributed by atoms with Crippen LogP contribution in [0.4, 0.5) is 0 Å². The zero-order chi connectivity index (χ0) is 14.5. The third-order valence-corrected chi connectivity index (χ3v) is 3.30. The summed E-state index contributed by atoms with van der Waals surface area (Å²) < 4.78 is 0.933. The van der Waals surface area contributed by atoms with Gasteiger partial charge in [0.25, 0.3) is 0 Å². The molecule has 1 aliphatic rings. The van der Waals surface area contributed by atoms with E-state index in [1.54, 1.807) is 13.1 Å². The standard InChI is InChI=1S/C13H13BrN4O2/c1-8-11(13(20)18-16-8)6-12(19)17-15-7-9-3-2-4-10(14)5-9/h2-5,7,11H,6H2,1H3,(H,17,19)(H,18,20). The Morgan fingerprint density at radius 3 is 3.05 bits per heavy atom. The molecule has 0 bridgehead atoms. The average Bonchev–Trinajstić information content (AvgIpc) is 2.71. The number of hydrogen-bond donors (Lipinski definition) is 2. The van der Waals surface area contributed by atoms with Gasteiger partial charge in [0.1, 0.15) is 0 Å². The highest BCUT2D eigenvalue weighted by Gasteiger charge is 2.28. The molecule has 0 aromatic heterocycles. The summed E-state index contributed by atoms with van der Waals surface area (Å²) in [5.41, 5.74) is 6.21. The molecule has 0 aliphatic carbocycles. The number of amides is 2. The first-order chi connectivity index (χ1) is 9.56. The molecule has 1 aromatic rings. The Morgan fingerprint density at radius 2 is 2.40 bits per heavy atom. The van der Waals surface area contributed by atoms with E-state index in [2.05, 4.69) is 37.0 Å². The fraction of sp³-hybridized carbons (Fsp3) is 0.231. The third kappa shape index (κ3) is 3.74. The lowest BCUT2D eigenvalue weighted by molar-refractivity contribution is -0.127. The van der Waals surface area contributed by atoms with Crippen molar-refractivity contribution in [1.29, 1.82) is 0 Å². The molecule has 0 radical (unpaired) electrons. The molecular weight excluding hydrogens is 324 g/mol. The van der Waals surface area contributed by atoms with Crippen molar-refractivity contribution < 1.29 is 9.59 Å². The lowest BCUT2D eigenvalue weighted by Gasteiger charge is -2.05. The molecule has 20 heavy (non-hydrogen) atoms. The van der Waals surface area contributed by atoms with E-state index in [1.807, 2.05) is 24.3 Å². The van der Waals surface area contributed by atoms with Crippen molar-refractivity contribution in [2.24, 2.45) is 16.1 Å². The fourth-order valence-corrected chi connectivity index (χ4v) is 2.14. The van der Waals surface area contributed by atoms with Crippen LogP contribution in [0.3, 0.4) is 0 Å². The minimum Gasteiger partial charge on any atom is -0.273 e. The third-order valence-electron chi connectivity index (χ3n) is 2.80. The molecule has 6 nitrogen and oxygen atoms in total. The van der Waals surface area contributed by atoms with Gasteiger partial charge in [0, 0.05) is 16.6 Å². The van der Waals surface area contributed by atoms with Gasteiger partial charge in [-0.25, -0.2) is 10.9 Å². The summed E-state index contributed by atoms with van der Waals surface area (Å²) in [5.74, 6) is -1.09. The van der Waals surface area contributed by atoms with E-state index in [-0.39, 0.29) is 18.2 Å². The largest absolute Gasteiger partial charge is 0.273 e. The minimum absolute atomic E-state index is 0.0387. The van der Waals surface area contributed by atoms with E-state index in [0.717, 1.165) is 10.0 Å². The highest BCUT2D eigenvalue weighted by Crippen LogP contribution is 2.11. The number of nitrogens with zero attached hydrogens (tertiary/aromatic N) is 2. The molecule has 0 saturated carbocycles. The SMILES string of the molecule is CC1=NNC(=O)C1CC(=O)NN=Cc1cccc(Br)c1. The van der Waals surface area contributed by atoms with Gasteiger partial charge in [0.05, 0.1) is 12.1 Å². The summed E-state index contributed by atoms with van der Waals surface area (Å²) in [6.07, 6.45) is 1.58. The Morgan fingerprint density at radius 1 is 1.60 bits per heavy atom. The fourth-order valence-electron chi connectivity index (χ4n) is 1.73. The van der Waals surface area contributed by atoms with Gasteiger partial charge in [-0.3, -0.25) is 9.59 Å². The maximum atomic E-state index is 11.7. The second-order valence-electron chi connectivity index (χ2n) is 4.33. The van der Waals surface area contributed by atoms with E-state index >= 15 is 0 Å². The Hall–Kier alpha value is -2.02. The highest BCUT2D eigenvalue weighted by atomic mass is 79.9. The smallest absolute Gasteiger partial charge is 0.249 e. The number of hydrogen-bond acceptors (Lipinski definition) is 4. The summed E-state index contributed by atoms with van der Waals surface area (Å²) in [6, 6.07) is 7.51. The van der Waals surface area contributed by atoms with E-state index in [1.165, 1.54) is 0 Å². The number of nitrogens with one attached hydrogen (secondary N) is 2. The van der Waals surface area contributed by atoms with Crippen LogP contribution in [-0.2, 0) is 9.59 Å². The number of carbonyl (C=O) groups is 2. The van der Waals surface area contributed by atoms with Gasteiger partial charge in [-0.15, -0.1) is 0 Å². The molecule has 1 atom stereocenters. The number of carbonyl (C=O) groups excluding carboxylic acids is 2. The molecule has 1 heterocycles. The summed E-state index contributed by atoms with van der Waals surface area (Å²) in [5, 5.41) is 7.64. The topological polar surface area (TPSA) is 82.9 Å². The van der Waals surface area contributed by atoms with Gasteiger partial charge in [0.2, 0.25) is 11.8 Å². The van der Waals surface area contributed by atoms with Gasteiger partial charge < -0.3 is 0 Å². The quantitative estimate of drug-likeness (QED) is 0.643. The van der Waals surface area contributed by atoms with E-state index in [9.17, 15) is 9.59 Å². The second kappa shape index (κ2) is 6.42.